The molecule has 1 aromatic heterocycles. The first-order valence-electron chi connectivity index (χ1n) is 6.75. The van der Waals surface area contributed by atoms with Crippen LogP contribution in [-0.4, -0.2) is 14.6 Å². The van der Waals surface area contributed by atoms with Crippen LogP contribution >= 0.6 is 0 Å². The summed E-state index contributed by atoms with van der Waals surface area (Å²) in [5.74, 6) is 0.960. The van der Waals surface area contributed by atoms with E-state index in [4.69, 9.17) is 4.42 Å². The first-order chi connectivity index (χ1) is 10.3. The summed E-state index contributed by atoms with van der Waals surface area (Å²) in [6.07, 6.45) is 0. The molecule has 0 amide bonds. The summed E-state index contributed by atoms with van der Waals surface area (Å²) < 4.78 is 14.7. The monoisotopic (exact) mass is 343 g/mol. The van der Waals surface area contributed by atoms with Crippen LogP contribution in [0.15, 0.2) is 54.8 Å². The fraction of sp³-hybridized carbons (Fsp3) is 0.125. The van der Waals surface area contributed by atoms with E-state index in [1.807, 2.05) is 37.3 Å². The van der Waals surface area contributed by atoms with Crippen LogP contribution in [0.25, 0.3) is 11.0 Å². The van der Waals surface area contributed by atoms with Crippen molar-refractivity contribution in [2.45, 2.75) is 13.5 Å². The number of rotatable bonds is 3. The predicted octanol–water partition coefficient (Wildman–Crippen LogP) is 4.70. The SMILES string of the molecule is Cc1oc2ccccc2c1CNc1cccc2c1N=[Se]=N2. The molecule has 0 saturated heterocycles. The first kappa shape index (κ1) is 12.6. The Bertz CT molecular complexity index is 907. The van der Waals surface area contributed by atoms with E-state index in [-0.39, 0.29) is 14.6 Å². The van der Waals surface area contributed by atoms with Crippen LogP contribution < -0.4 is 5.32 Å². The van der Waals surface area contributed by atoms with Gasteiger partial charge in [-0.2, -0.15) is 0 Å². The molecule has 5 heteroatoms. The topological polar surface area (TPSA) is 49.9 Å². The summed E-state index contributed by atoms with van der Waals surface area (Å²) in [7, 11) is 0. The van der Waals surface area contributed by atoms with Crippen molar-refractivity contribution in [3.63, 3.8) is 0 Å². The van der Waals surface area contributed by atoms with Gasteiger partial charge in [0.25, 0.3) is 0 Å². The Hall–Kier alpha value is -2.10. The number of fused-ring (bicyclic) bond motifs is 2. The average molecular weight is 342 g/mol. The van der Waals surface area contributed by atoms with Gasteiger partial charge >= 0.3 is 128 Å². The van der Waals surface area contributed by atoms with Crippen LogP contribution in [0.3, 0.4) is 0 Å². The number of nitrogens with zero attached hydrogens (tertiary/aromatic N) is 2. The molecule has 0 bridgehead atoms. The van der Waals surface area contributed by atoms with Gasteiger partial charge in [-0.3, -0.25) is 0 Å². The number of nitrogens with one attached hydrogen (secondary N) is 1. The second kappa shape index (κ2) is 5.02. The van der Waals surface area contributed by atoms with Crippen LogP contribution in [0.4, 0.5) is 17.1 Å². The fourth-order valence-corrected chi connectivity index (χ4v) is 3.73. The van der Waals surface area contributed by atoms with Crippen molar-refractivity contribution in [3.8, 4) is 0 Å². The first-order valence-corrected chi connectivity index (χ1v) is 8.28. The van der Waals surface area contributed by atoms with Crippen molar-refractivity contribution in [1.82, 2.24) is 0 Å². The Labute approximate surface area is 127 Å². The van der Waals surface area contributed by atoms with Gasteiger partial charge in [-0.15, -0.1) is 0 Å². The summed E-state index contributed by atoms with van der Waals surface area (Å²) in [6, 6.07) is 14.2. The second-order valence-corrected chi connectivity index (χ2v) is 6.03. The number of aryl methyl sites for hydroxylation is 1. The van der Waals surface area contributed by atoms with E-state index in [1.54, 1.807) is 0 Å². The van der Waals surface area contributed by atoms with Gasteiger partial charge < -0.3 is 0 Å². The van der Waals surface area contributed by atoms with Crippen molar-refractivity contribution in [2.24, 2.45) is 7.92 Å². The van der Waals surface area contributed by atoms with Gasteiger partial charge in [0.15, 0.2) is 0 Å². The summed E-state index contributed by atoms with van der Waals surface area (Å²) in [5, 5.41) is 4.64. The van der Waals surface area contributed by atoms with Crippen LogP contribution in [-0.2, 0) is 6.54 Å². The molecule has 0 fully saturated rings. The van der Waals surface area contributed by atoms with Crippen molar-refractivity contribution >= 4 is 42.6 Å². The molecule has 0 spiro atoms. The summed E-state index contributed by atoms with van der Waals surface area (Å²) in [6.45, 7) is 2.73. The van der Waals surface area contributed by atoms with E-state index in [0.717, 1.165) is 35.0 Å². The number of anilines is 1. The molecule has 2 aromatic carbocycles. The molecular weight excluding hydrogens is 329 g/mol. The predicted molar refractivity (Wildman–Crippen MR) is 84.6 cm³/mol. The van der Waals surface area contributed by atoms with Gasteiger partial charge in [0.2, 0.25) is 0 Å². The van der Waals surface area contributed by atoms with E-state index in [1.165, 1.54) is 10.9 Å². The molecule has 0 atom stereocenters. The molecule has 2 heterocycles. The molecule has 0 radical (unpaired) electrons. The van der Waals surface area contributed by atoms with Gasteiger partial charge in [0, 0.05) is 0 Å². The van der Waals surface area contributed by atoms with Gasteiger partial charge in [-0.1, -0.05) is 0 Å². The van der Waals surface area contributed by atoms with Gasteiger partial charge in [0.05, 0.1) is 0 Å². The van der Waals surface area contributed by atoms with Crippen LogP contribution in [0.1, 0.15) is 11.3 Å². The van der Waals surface area contributed by atoms with Gasteiger partial charge in [-0.25, -0.2) is 0 Å². The summed E-state index contributed by atoms with van der Waals surface area (Å²) >= 11 is -0.00162. The molecule has 4 nitrogen and oxygen atoms in total. The maximum atomic E-state index is 5.80. The third-order valence-electron chi connectivity index (χ3n) is 3.64. The number of furan rings is 1. The zero-order valence-corrected chi connectivity index (χ0v) is 13.2. The molecule has 3 aromatic rings. The van der Waals surface area contributed by atoms with Crippen molar-refractivity contribution in [1.29, 1.82) is 0 Å². The molecule has 1 aliphatic heterocycles. The zero-order chi connectivity index (χ0) is 14.2. The molecule has 0 aliphatic carbocycles. The normalized spacial score (nSPS) is 12.4. The number of benzene rings is 2. The van der Waals surface area contributed by atoms with E-state index in [0.29, 0.717) is 0 Å². The van der Waals surface area contributed by atoms with Crippen LogP contribution in [0.2, 0.25) is 0 Å². The molecule has 1 aliphatic rings. The van der Waals surface area contributed by atoms with E-state index < -0.39 is 0 Å². The molecule has 21 heavy (non-hydrogen) atoms. The maximum absolute atomic E-state index is 5.80. The van der Waals surface area contributed by atoms with Crippen molar-refractivity contribution in [2.75, 3.05) is 5.32 Å². The minimum atomic E-state index is -0.00162. The molecule has 0 saturated carbocycles. The van der Waals surface area contributed by atoms with Crippen LogP contribution in [0.5, 0.6) is 0 Å². The average Bonchev–Trinajstić information content (AvgIpc) is 3.09. The zero-order valence-electron chi connectivity index (χ0n) is 11.5. The number of hydrogen-bond acceptors (Lipinski definition) is 4. The van der Waals surface area contributed by atoms with Crippen molar-refractivity contribution in [3.05, 3.63) is 53.8 Å². The summed E-state index contributed by atoms with van der Waals surface area (Å²) in [4.78, 5) is 0. The van der Waals surface area contributed by atoms with Crippen LogP contribution in [0, 0.1) is 6.92 Å². The van der Waals surface area contributed by atoms with E-state index in [2.05, 4.69) is 25.4 Å². The number of hydrogen-bond donors (Lipinski definition) is 1. The molecule has 4 rings (SSSR count). The molecule has 1 N–H and O–H groups in total. The number of para-hydroxylation sites is 1. The van der Waals surface area contributed by atoms with Crippen molar-refractivity contribution < 1.29 is 4.42 Å². The molecule has 104 valence electrons. The van der Waals surface area contributed by atoms with E-state index >= 15 is 0 Å². The standard InChI is InChI=1S/C16H13N3OSe/c1-10-12(11-5-2-3-8-15(11)20-10)9-17-13-6-4-7-14-16(13)19-21-18-14/h2-8,17H,9H2,1H3. The Balaban J connectivity index is 1.67. The van der Waals surface area contributed by atoms with E-state index in [9.17, 15) is 0 Å². The quantitative estimate of drug-likeness (QED) is 0.549. The van der Waals surface area contributed by atoms with Gasteiger partial charge in [0.1, 0.15) is 0 Å². The summed E-state index contributed by atoms with van der Waals surface area (Å²) in [5.41, 5.74) is 5.16. The third-order valence-corrected chi connectivity index (χ3v) is 4.78. The second-order valence-electron chi connectivity index (χ2n) is 4.92. The Morgan fingerprint density at radius 2 is 2.00 bits per heavy atom. The molecule has 0 unspecified atom stereocenters. The Morgan fingerprint density at radius 3 is 2.95 bits per heavy atom. The van der Waals surface area contributed by atoms with Gasteiger partial charge in [-0.05, 0) is 0 Å². The third kappa shape index (κ3) is 2.15. The Kier molecular flexibility index (Phi) is 3.02. The Morgan fingerprint density at radius 1 is 1.10 bits per heavy atom. The molecular formula is C16H13N3OSe. The minimum absolute atomic E-state index is 0.00162. The fourth-order valence-electron chi connectivity index (χ4n) is 2.57.